The maximum Gasteiger partial charge on any atom is 0.234 e. The smallest absolute Gasteiger partial charge is 0.234 e. The molecule has 0 fully saturated rings. The lowest BCUT2D eigenvalue weighted by molar-refractivity contribution is 0.307. The minimum absolute atomic E-state index is 0.721. The van der Waals surface area contributed by atoms with Crippen LogP contribution in [0.1, 0.15) is 17.2 Å². The zero-order valence-electron chi connectivity index (χ0n) is 14.3. The van der Waals surface area contributed by atoms with Crippen LogP contribution < -0.4 is 0 Å². The Bertz CT molecular complexity index is 986. The fourth-order valence-electron chi connectivity index (χ4n) is 3.03. The normalized spacial score (nSPS) is 11.5. The van der Waals surface area contributed by atoms with Crippen molar-refractivity contribution < 1.29 is 0 Å². The number of rotatable bonds is 5. The Hall–Kier alpha value is -2.99. The topological polar surface area (TPSA) is 62.1 Å². The van der Waals surface area contributed by atoms with E-state index in [4.69, 9.17) is 4.98 Å². The van der Waals surface area contributed by atoms with Crippen LogP contribution in [0.2, 0.25) is 0 Å². The van der Waals surface area contributed by atoms with Gasteiger partial charge in [0.05, 0.1) is 17.9 Å². The number of imidazole rings is 2. The Morgan fingerprint density at radius 2 is 1.92 bits per heavy atom. The van der Waals surface area contributed by atoms with Crippen LogP contribution in [0.5, 0.6) is 0 Å². The molecule has 1 aromatic carbocycles. The number of benzene rings is 1. The van der Waals surface area contributed by atoms with E-state index >= 15 is 0 Å². The molecular formula is C19H20N6. The summed E-state index contributed by atoms with van der Waals surface area (Å²) >= 11 is 0. The van der Waals surface area contributed by atoms with Gasteiger partial charge in [-0.2, -0.15) is 0 Å². The van der Waals surface area contributed by atoms with Crippen molar-refractivity contribution in [2.45, 2.75) is 20.0 Å². The average Bonchev–Trinajstić information content (AvgIpc) is 3.19. The summed E-state index contributed by atoms with van der Waals surface area (Å²) in [5.74, 6) is 1.69. The molecule has 6 heteroatoms. The molecule has 0 atom stereocenters. The van der Waals surface area contributed by atoms with Crippen molar-refractivity contribution in [2.75, 3.05) is 7.05 Å². The Labute approximate surface area is 146 Å². The molecule has 0 saturated carbocycles. The van der Waals surface area contributed by atoms with E-state index in [1.807, 2.05) is 43.6 Å². The Balaban J connectivity index is 1.70. The molecule has 0 saturated heterocycles. The number of aromatic nitrogens is 5. The van der Waals surface area contributed by atoms with Gasteiger partial charge in [0.2, 0.25) is 5.78 Å². The molecule has 0 radical (unpaired) electrons. The van der Waals surface area contributed by atoms with Crippen molar-refractivity contribution in [3.8, 4) is 11.3 Å². The number of nitrogens with one attached hydrogen (secondary N) is 1. The maximum atomic E-state index is 4.75. The second-order valence-corrected chi connectivity index (χ2v) is 6.25. The quantitative estimate of drug-likeness (QED) is 0.610. The van der Waals surface area contributed by atoms with Crippen LogP contribution in [-0.4, -0.2) is 36.3 Å². The first-order valence-electron chi connectivity index (χ1n) is 8.27. The van der Waals surface area contributed by atoms with Gasteiger partial charge in [0.1, 0.15) is 5.82 Å². The minimum atomic E-state index is 0.721. The first kappa shape index (κ1) is 15.5. The average molecular weight is 332 g/mol. The SMILES string of the molecule is Cc1cnc(CN(C)Cc2c(-c3ccccc3)nc3ncccn23)[nH]1. The Morgan fingerprint density at radius 3 is 2.68 bits per heavy atom. The third-order valence-electron chi connectivity index (χ3n) is 4.14. The van der Waals surface area contributed by atoms with E-state index in [1.165, 1.54) is 0 Å². The third kappa shape index (κ3) is 3.16. The van der Waals surface area contributed by atoms with Crippen LogP contribution in [-0.2, 0) is 13.1 Å². The highest BCUT2D eigenvalue weighted by Gasteiger charge is 2.16. The van der Waals surface area contributed by atoms with Gasteiger partial charge in [0.15, 0.2) is 0 Å². The van der Waals surface area contributed by atoms with Crippen molar-refractivity contribution in [1.82, 2.24) is 29.2 Å². The van der Waals surface area contributed by atoms with Gasteiger partial charge in [-0.25, -0.2) is 15.0 Å². The zero-order chi connectivity index (χ0) is 17.2. The number of nitrogens with zero attached hydrogens (tertiary/aromatic N) is 5. The van der Waals surface area contributed by atoms with E-state index in [2.05, 4.69) is 43.4 Å². The van der Waals surface area contributed by atoms with Crippen LogP contribution in [0.25, 0.3) is 17.0 Å². The molecule has 25 heavy (non-hydrogen) atoms. The molecule has 3 heterocycles. The van der Waals surface area contributed by atoms with Crippen molar-refractivity contribution >= 4 is 5.78 Å². The van der Waals surface area contributed by atoms with Crippen LogP contribution in [0.15, 0.2) is 55.0 Å². The fraction of sp³-hybridized carbons (Fsp3) is 0.211. The summed E-state index contributed by atoms with van der Waals surface area (Å²) in [6.07, 6.45) is 5.65. The molecule has 6 nitrogen and oxygen atoms in total. The minimum Gasteiger partial charge on any atom is -0.345 e. The number of aryl methyl sites for hydroxylation is 1. The second kappa shape index (κ2) is 6.49. The lowest BCUT2D eigenvalue weighted by Gasteiger charge is -2.16. The second-order valence-electron chi connectivity index (χ2n) is 6.25. The van der Waals surface area contributed by atoms with Crippen molar-refractivity contribution in [3.05, 3.63) is 72.2 Å². The van der Waals surface area contributed by atoms with Crippen molar-refractivity contribution in [3.63, 3.8) is 0 Å². The number of hydrogen-bond acceptors (Lipinski definition) is 4. The van der Waals surface area contributed by atoms with Gasteiger partial charge in [-0.1, -0.05) is 30.3 Å². The van der Waals surface area contributed by atoms with Crippen LogP contribution >= 0.6 is 0 Å². The van der Waals surface area contributed by atoms with Crippen LogP contribution in [0.4, 0.5) is 0 Å². The fourth-order valence-corrected chi connectivity index (χ4v) is 3.03. The number of aromatic amines is 1. The summed E-state index contributed by atoms with van der Waals surface area (Å²) < 4.78 is 2.06. The first-order valence-corrected chi connectivity index (χ1v) is 8.27. The van der Waals surface area contributed by atoms with Gasteiger partial charge in [-0.05, 0) is 20.0 Å². The van der Waals surface area contributed by atoms with E-state index in [0.29, 0.717) is 0 Å². The number of fused-ring (bicyclic) bond motifs is 1. The van der Waals surface area contributed by atoms with Crippen molar-refractivity contribution in [1.29, 1.82) is 0 Å². The number of hydrogen-bond donors (Lipinski definition) is 1. The summed E-state index contributed by atoms with van der Waals surface area (Å²) in [5, 5.41) is 0. The lowest BCUT2D eigenvalue weighted by Crippen LogP contribution is -2.19. The third-order valence-corrected chi connectivity index (χ3v) is 4.14. The predicted molar refractivity (Wildman–Crippen MR) is 96.9 cm³/mol. The van der Waals surface area contributed by atoms with E-state index in [9.17, 15) is 0 Å². The molecule has 4 rings (SSSR count). The predicted octanol–water partition coefficient (Wildman–Crippen LogP) is 3.06. The molecule has 126 valence electrons. The Morgan fingerprint density at radius 1 is 1.08 bits per heavy atom. The number of H-pyrrole nitrogens is 1. The van der Waals surface area contributed by atoms with Gasteiger partial charge in [-0.15, -0.1) is 0 Å². The molecule has 0 bridgehead atoms. The molecule has 0 aliphatic carbocycles. The standard InChI is InChI=1S/C19H20N6/c1-14-11-21-17(22-14)13-24(2)12-16-18(15-7-4-3-5-8-15)23-19-20-9-6-10-25(16)19/h3-11H,12-13H2,1-2H3,(H,21,22). The van der Waals surface area contributed by atoms with Gasteiger partial charge >= 0.3 is 0 Å². The highest BCUT2D eigenvalue weighted by molar-refractivity contribution is 5.65. The summed E-state index contributed by atoms with van der Waals surface area (Å²) in [5.41, 5.74) is 4.28. The highest BCUT2D eigenvalue weighted by atomic mass is 15.2. The molecule has 3 aromatic heterocycles. The monoisotopic (exact) mass is 332 g/mol. The maximum absolute atomic E-state index is 4.75. The summed E-state index contributed by atoms with van der Waals surface area (Å²) in [6, 6.07) is 12.2. The largest absolute Gasteiger partial charge is 0.345 e. The van der Waals surface area contributed by atoms with Crippen LogP contribution in [0, 0.1) is 6.92 Å². The summed E-state index contributed by atoms with van der Waals surface area (Å²) in [4.78, 5) is 19.0. The van der Waals surface area contributed by atoms with E-state index in [1.54, 1.807) is 6.20 Å². The highest BCUT2D eigenvalue weighted by Crippen LogP contribution is 2.24. The molecule has 1 N–H and O–H groups in total. The zero-order valence-corrected chi connectivity index (χ0v) is 14.3. The van der Waals surface area contributed by atoms with E-state index in [-0.39, 0.29) is 0 Å². The molecule has 0 aliphatic rings. The van der Waals surface area contributed by atoms with Gasteiger partial charge < -0.3 is 4.98 Å². The summed E-state index contributed by atoms with van der Waals surface area (Å²) in [6.45, 7) is 3.51. The Kier molecular flexibility index (Phi) is 4.03. The van der Waals surface area contributed by atoms with E-state index < -0.39 is 0 Å². The molecule has 0 aliphatic heterocycles. The summed E-state index contributed by atoms with van der Waals surface area (Å²) in [7, 11) is 2.09. The van der Waals surface area contributed by atoms with Crippen LogP contribution in [0.3, 0.4) is 0 Å². The van der Waals surface area contributed by atoms with E-state index in [0.717, 1.165) is 47.3 Å². The molecular weight excluding hydrogens is 312 g/mol. The molecule has 0 unspecified atom stereocenters. The van der Waals surface area contributed by atoms with Crippen molar-refractivity contribution in [2.24, 2.45) is 0 Å². The van der Waals surface area contributed by atoms with Gasteiger partial charge in [0, 0.05) is 36.4 Å². The molecule has 0 spiro atoms. The first-order chi connectivity index (χ1) is 12.2. The molecule has 0 amide bonds. The van der Waals surface area contributed by atoms with Gasteiger partial charge in [0.25, 0.3) is 0 Å². The molecule has 4 aromatic rings. The lowest BCUT2D eigenvalue weighted by atomic mass is 10.1. The van der Waals surface area contributed by atoms with Gasteiger partial charge in [-0.3, -0.25) is 9.30 Å².